The highest BCUT2D eigenvalue weighted by Gasteiger charge is 2.13. The molecule has 0 radical (unpaired) electrons. The number of aromatic nitrogens is 1. The number of fused-ring (bicyclic) bond motifs is 1. The highest BCUT2D eigenvalue weighted by Crippen LogP contribution is 2.23. The first-order chi connectivity index (χ1) is 7.99. The molecule has 0 aliphatic carbocycles. The standard InChI is InChI=1S/C11H9NO4S/c1-6(13)12-9-4-3-8(17-7(2)14)5-10(9)16-11(12)15/h3-5H,1-2H3. The van der Waals surface area contributed by atoms with Crippen LogP contribution in [0.3, 0.4) is 0 Å². The van der Waals surface area contributed by atoms with Gasteiger partial charge in [0.25, 0.3) is 0 Å². The summed E-state index contributed by atoms with van der Waals surface area (Å²) in [5, 5.41) is -0.0577. The minimum atomic E-state index is -0.711. The van der Waals surface area contributed by atoms with E-state index in [1.807, 2.05) is 0 Å². The van der Waals surface area contributed by atoms with E-state index in [9.17, 15) is 14.4 Å². The Hall–Kier alpha value is -1.82. The first-order valence-electron chi connectivity index (χ1n) is 4.84. The molecule has 0 saturated carbocycles. The highest BCUT2D eigenvalue weighted by molar-refractivity contribution is 8.13. The third kappa shape index (κ3) is 2.16. The van der Waals surface area contributed by atoms with E-state index in [0.717, 1.165) is 16.3 Å². The van der Waals surface area contributed by atoms with Gasteiger partial charge in [-0.05, 0) is 18.2 Å². The van der Waals surface area contributed by atoms with Gasteiger partial charge in [-0.1, -0.05) is 11.8 Å². The van der Waals surface area contributed by atoms with Gasteiger partial charge in [0.1, 0.15) is 0 Å². The second-order valence-corrected chi connectivity index (χ2v) is 4.70. The van der Waals surface area contributed by atoms with Gasteiger partial charge in [0.15, 0.2) is 10.7 Å². The normalized spacial score (nSPS) is 10.7. The molecule has 6 heteroatoms. The Kier molecular flexibility index (Phi) is 2.89. The topological polar surface area (TPSA) is 69.3 Å². The van der Waals surface area contributed by atoms with Gasteiger partial charge in [0.2, 0.25) is 5.91 Å². The molecule has 0 atom stereocenters. The van der Waals surface area contributed by atoms with E-state index < -0.39 is 11.7 Å². The van der Waals surface area contributed by atoms with Crippen LogP contribution in [0.2, 0.25) is 0 Å². The van der Waals surface area contributed by atoms with Crippen LogP contribution >= 0.6 is 11.8 Å². The average molecular weight is 251 g/mol. The Morgan fingerprint density at radius 1 is 1.29 bits per heavy atom. The molecule has 0 aliphatic rings. The van der Waals surface area contributed by atoms with Crippen molar-refractivity contribution in [3.05, 3.63) is 28.7 Å². The van der Waals surface area contributed by atoms with Crippen LogP contribution in [0, 0.1) is 0 Å². The molecular weight excluding hydrogens is 242 g/mol. The molecule has 0 unspecified atom stereocenters. The molecule has 1 aromatic heterocycles. The van der Waals surface area contributed by atoms with Crippen LogP contribution in [0.25, 0.3) is 11.1 Å². The quantitative estimate of drug-likeness (QED) is 0.724. The van der Waals surface area contributed by atoms with Crippen molar-refractivity contribution in [2.45, 2.75) is 18.7 Å². The maximum atomic E-state index is 11.4. The zero-order valence-corrected chi connectivity index (χ0v) is 10.0. The fourth-order valence-electron chi connectivity index (χ4n) is 1.53. The minimum Gasteiger partial charge on any atom is -0.407 e. The summed E-state index contributed by atoms with van der Waals surface area (Å²) in [5.41, 5.74) is 0.715. The van der Waals surface area contributed by atoms with Gasteiger partial charge in [-0.15, -0.1) is 0 Å². The molecule has 17 heavy (non-hydrogen) atoms. The van der Waals surface area contributed by atoms with Crippen LogP contribution < -0.4 is 5.76 Å². The predicted molar refractivity (Wildman–Crippen MR) is 63.3 cm³/mol. The summed E-state index contributed by atoms with van der Waals surface area (Å²) in [6.07, 6.45) is 0. The summed E-state index contributed by atoms with van der Waals surface area (Å²) in [4.78, 5) is 34.3. The van der Waals surface area contributed by atoms with Crippen LogP contribution in [-0.2, 0) is 4.79 Å². The number of carbonyl (C=O) groups is 2. The van der Waals surface area contributed by atoms with E-state index in [0.29, 0.717) is 16.0 Å². The molecule has 0 spiro atoms. The van der Waals surface area contributed by atoms with Gasteiger partial charge < -0.3 is 4.42 Å². The van der Waals surface area contributed by atoms with Crippen molar-refractivity contribution in [1.29, 1.82) is 0 Å². The largest absolute Gasteiger partial charge is 0.426 e. The Labute approximate surface area is 100 Å². The Morgan fingerprint density at radius 3 is 2.59 bits per heavy atom. The summed E-state index contributed by atoms with van der Waals surface area (Å²) in [6.45, 7) is 2.74. The molecule has 1 heterocycles. The van der Waals surface area contributed by atoms with Gasteiger partial charge >= 0.3 is 5.76 Å². The molecular formula is C11H9NO4S. The lowest BCUT2D eigenvalue weighted by atomic mass is 10.3. The van der Waals surface area contributed by atoms with Crippen molar-refractivity contribution < 1.29 is 14.0 Å². The van der Waals surface area contributed by atoms with Crippen molar-refractivity contribution in [1.82, 2.24) is 4.57 Å². The Balaban J connectivity index is 2.61. The summed E-state index contributed by atoms with van der Waals surface area (Å²) in [5.74, 6) is -1.11. The van der Waals surface area contributed by atoms with E-state index in [1.165, 1.54) is 13.8 Å². The van der Waals surface area contributed by atoms with E-state index in [-0.39, 0.29) is 5.12 Å². The third-order valence-electron chi connectivity index (χ3n) is 2.13. The summed E-state index contributed by atoms with van der Waals surface area (Å²) < 4.78 is 5.90. The van der Waals surface area contributed by atoms with E-state index in [4.69, 9.17) is 4.42 Å². The fourth-order valence-corrected chi connectivity index (χ4v) is 2.16. The van der Waals surface area contributed by atoms with Crippen LogP contribution in [0.5, 0.6) is 0 Å². The lowest BCUT2D eigenvalue weighted by Crippen LogP contribution is -2.19. The number of oxazole rings is 1. The van der Waals surface area contributed by atoms with E-state index in [2.05, 4.69) is 0 Å². The van der Waals surface area contributed by atoms with Gasteiger partial charge in [-0.2, -0.15) is 0 Å². The van der Waals surface area contributed by atoms with Crippen LogP contribution in [0.4, 0.5) is 0 Å². The summed E-state index contributed by atoms with van der Waals surface area (Å²) >= 11 is 1.04. The summed E-state index contributed by atoms with van der Waals surface area (Å²) in [7, 11) is 0. The SMILES string of the molecule is CC(=O)Sc1ccc2c(c1)oc(=O)n2C(C)=O. The van der Waals surface area contributed by atoms with Gasteiger partial charge in [0.05, 0.1) is 5.52 Å². The molecule has 88 valence electrons. The molecule has 0 amide bonds. The van der Waals surface area contributed by atoms with Crippen molar-refractivity contribution in [2.75, 3.05) is 0 Å². The van der Waals surface area contributed by atoms with Crippen LogP contribution in [0.15, 0.2) is 32.3 Å². The van der Waals surface area contributed by atoms with Crippen molar-refractivity contribution in [3.8, 4) is 0 Å². The molecule has 0 bridgehead atoms. The number of benzene rings is 1. The molecule has 2 aromatic rings. The average Bonchev–Trinajstić information content (AvgIpc) is 2.51. The maximum Gasteiger partial charge on any atom is 0.426 e. The number of rotatable bonds is 1. The fraction of sp³-hybridized carbons (Fsp3) is 0.182. The zero-order valence-electron chi connectivity index (χ0n) is 9.22. The summed E-state index contributed by atoms with van der Waals surface area (Å²) in [6, 6.07) is 4.83. The molecule has 0 aliphatic heterocycles. The molecule has 0 N–H and O–H groups in total. The highest BCUT2D eigenvalue weighted by atomic mass is 32.2. The Morgan fingerprint density at radius 2 is 2.00 bits per heavy atom. The first-order valence-corrected chi connectivity index (χ1v) is 5.65. The second kappa shape index (κ2) is 4.21. The van der Waals surface area contributed by atoms with E-state index >= 15 is 0 Å². The van der Waals surface area contributed by atoms with Crippen molar-refractivity contribution in [3.63, 3.8) is 0 Å². The minimum absolute atomic E-state index is 0.0577. The number of hydrogen-bond acceptors (Lipinski definition) is 5. The van der Waals surface area contributed by atoms with Crippen molar-refractivity contribution >= 4 is 33.9 Å². The zero-order chi connectivity index (χ0) is 12.6. The monoisotopic (exact) mass is 251 g/mol. The maximum absolute atomic E-state index is 11.4. The molecule has 1 aromatic carbocycles. The van der Waals surface area contributed by atoms with Gasteiger partial charge in [-0.25, -0.2) is 9.36 Å². The number of hydrogen-bond donors (Lipinski definition) is 0. The smallest absolute Gasteiger partial charge is 0.407 e. The lowest BCUT2D eigenvalue weighted by molar-refractivity contribution is -0.109. The van der Waals surface area contributed by atoms with Gasteiger partial charge in [0, 0.05) is 18.7 Å². The molecule has 2 rings (SSSR count). The van der Waals surface area contributed by atoms with E-state index in [1.54, 1.807) is 18.2 Å². The number of carbonyl (C=O) groups excluding carboxylic acids is 2. The van der Waals surface area contributed by atoms with Crippen molar-refractivity contribution in [2.24, 2.45) is 0 Å². The predicted octanol–water partition coefficient (Wildman–Crippen LogP) is 1.89. The van der Waals surface area contributed by atoms with Crippen LogP contribution in [0.1, 0.15) is 18.6 Å². The third-order valence-corrected chi connectivity index (χ3v) is 2.91. The number of nitrogens with zero attached hydrogens (tertiary/aromatic N) is 1. The Bertz CT molecular complexity index is 668. The second-order valence-electron chi connectivity index (χ2n) is 3.45. The molecule has 0 saturated heterocycles. The number of thioether (sulfide) groups is 1. The van der Waals surface area contributed by atoms with Crippen LogP contribution in [-0.4, -0.2) is 15.6 Å². The van der Waals surface area contributed by atoms with Gasteiger partial charge in [-0.3, -0.25) is 9.59 Å². The molecule has 0 fully saturated rings. The lowest BCUT2D eigenvalue weighted by Gasteiger charge is -1.97. The molecule has 5 nitrogen and oxygen atoms in total. The first kappa shape index (κ1) is 11.7.